The topological polar surface area (TPSA) is 35.5 Å². The molecule has 1 aromatic rings. The summed E-state index contributed by atoms with van der Waals surface area (Å²) in [6.45, 7) is 11.4. The average molecular weight is 401 g/mol. The summed E-state index contributed by atoms with van der Waals surface area (Å²) >= 11 is 0. The summed E-state index contributed by atoms with van der Waals surface area (Å²) in [6, 6.07) is 4.42. The molecule has 3 aliphatic carbocycles. The number of ketones is 1. The van der Waals surface area contributed by atoms with Crippen LogP contribution in [0, 0.1) is 17.3 Å². The summed E-state index contributed by atoms with van der Waals surface area (Å²) in [4.78, 5) is 12.7. The Morgan fingerprint density at radius 2 is 1.69 bits per heavy atom. The molecule has 162 valence electrons. The van der Waals surface area contributed by atoms with Crippen molar-refractivity contribution in [3.05, 3.63) is 23.3 Å². The van der Waals surface area contributed by atoms with Crippen LogP contribution in [0.5, 0.6) is 11.5 Å². The zero-order valence-corrected chi connectivity index (χ0v) is 19.6. The molecule has 0 aliphatic heterocycles. The molecular formula is C26H40O3. The van der Waals surface area contributed by atoms with Crippen LogP contribution in [0.3, 0.4) is 0 Å². The van der Waals surface area contributed by atoms with Gasteiger partial charge in [0.15, 0.2) is 0 Å². The van der Waals surface area contributed by atoms with E-state index in [0.717, 1.165) is 29.9 Å². The van der Waals surface area contributed by atoms with Gasteiger partial charge in [-0.2, -0.15) is 0 Å². The second-order valence-electron chi connectivity index (χ2n) is 10.5. The molecule has 0 N–H and O–H groups in total. The predicted octanol–water partition coefficient (Wildman–Crippen LogP) is 6.67. The monoisotopic (exact) mass is 400 g/mol. The molecule has 0 spiro atoms. The van der Waals surface area contributed by atoms with Crippen LogP contribution < -0.4 is 9.47 Å². The Morgan fingerprint density at radius 1 is 1.07 bits per heavy atom. The smallest absolute Gasteiger partial charge is 0.137 e. The Hall–Kier alpha value is -1.51. The quantitative estimate of drug-likeness (QED) is 0.434. The fourth-order valence-corrected chi connectivity index (χ4v) is 5.83. The minimum absolute atomic E-state index is 0.0655. The van der Waals surface area contributed by atoms with Crippen LogP contribution in [0.2, 0.25) is 0 Å². The van der Waals surface area contributed by atoms with Crippen molar-refractivity contribution < 1.29 is 14.3 Å². The van der Waals surface area contributed by atoms with Crippen LogP contribution in [0.1, 0.15) is 96.6 Å². The van der Waals surface area contributed by atoms with E-state index >= 15 is 0 Å². The highest BCUT2D eigenvalue weighted by Gasteiger charge is 2.59. The van der Waals surface area contributed by atoms with Gasteiger partial charge in [-0.25, -0.2) is 0 Å². The number of methoxy groups -OCH3 is 2. The van der Waals surface area contributed by atoms with E-state index in [0.29, 0.717) is 18.1 Å². The van der Waals surface area contributed by atoms with Crippen molar-refractivity contribution in [3.8, 4) is 11.5 Å². The minimum Gasteiger partial charge on any atom is -0.496 e. The first-order valence-electron chi connectivity index (χ1n) is 11.5. The van der Waals surface area contributed by atoms with Gasteiger partial charge in [-0.3, -0.25) is 4.79 Å². The van der Waals surface area contributed by atoms with Crippen molar-refractivity contribution in [2.75, 3.05) is 14.2 Å². The fraction of sp³-hybridized carbons (Fsp3) is 0.731. The Labute approximate surface area is 177 Å². The molecule has 3 unspecified atom stereocenters. The summed E-state index contributed by atoms with van der Waals surface area (Å²) in [5.41, 5.74) is 2.51. The molecule has 0 heterocycles. The third-order valence-corrected chi connectivity index (χ3v) is 7.99. The number of Topliss-reactive ketones (excluding diaryl/α,β-unsaturated/α-hetero) is 1. The zero-order chi connectivity index (χ0) is 21.4. The summed E-state index contributed by atoms with van der Waals surface area (Å²) in [5.74, 6) is 3.13. The van der Waals surface area contributed by atoms with Gasteiger partial charge in [0.25, 0.3) is 0 Å². The van der Waals surface area contributed by atoms with E-state index in [1.165, 1.54) is 31.2 Å². The third-order valence-electron chi connectivity index (χ3n) is 7.99. The molecule has 29 heavy (non-hydrogen) atoms. The Bertz CT molecular complexity index is 721. The number of hydrogen-bond acceptors (Lipinski definition) is 3. The highest BCUT2D eigenvalue weighted by atomic mass is 16.5. The number of carbonyl (C=O) groups excluding carboxylic acids is 1. The van der Waals surface area contributed by atoms with Gasteiger partial charge >= 0.3 is 0 Å². The molecule has 0 saturated heterocycles. The van der Waals surface area contributed by atoms with Crippen LogP contribution in [0.4, 0.5) is 0 Å². The largest absolute Gasteiger partial charge is 0.496 e. The Balaban J connectivity index is 1.94. The first kappa shape index (κ1) is 22.2. The number of carbonyl (C=O) groups is 1. The average Bonchev–Trinajstić information content (AvgIpc) is 2.69. The molecule has 3 aliphatic rings. The molecule has 3 atom stereocenters. The summed E-state index contributed by atoms with van der Waals surface area (Å²) in [7, 11) is 3.49. The van der Waals surface area contributed by atoms with Crippen molar-refractivity contribution in [2.24, 2.45) is 17.3 Å². The molecule has 0 aromatic heterocycles. The Morgan fingerprint density at radius 3 is 2.17 bits per heavy atom. The first-order chi connectivity index (χ1) is 13.7. The van der Waals surface area contributed by atoms with Crippen molar-refractivity contribution in [3.63, 3.8) is 0 Å². The Kier molecular flexibility index (Phi) is 6.36. The fourth-order valence-electron chi connectivity index (χ4n) is 5.83. The minimum atomic E-state index is 0.0655. The maximum absolute atomic E-state index is 12.7. The molecule has 3 heteroatoms. The van der Waals surface area contributed by atoms with E-state index in [1.807, 2.05) is 0 Å². The van der Waals surface area contributed by atoms with Crippen LogP contribution in [0.15, 0.2) is 12.1 Å². The lowest BCUT2D eigenvalue weighted by Crippen LogP contribution is -2.56. The van der Waals surface area contributed by atoms with E-state index in [1.54, 1.807) is 14.2 Å². The number of hydrogen-bond donors (Lipinski definition) is 0. The normalized spacial score (nSPS) is 25.5. The molecule has 4 rings (SSSR count). The van der Waals surface area contributed by atoms with Crippen LogP contribution >= 0.6 is 0 Å². The molecule has 3 saturated carbocycles. The van der Waals surface area contributed by atoms with Gasteiger partial charge in [0.2, 0.25) is 0 Å². The zero-order valence-electron chi connectivity index (χ0n) is 19.6. The molecule has 3 nitrogen and oxygen atoms in total. The standard InChI is InChI=1S/C26H40O3/c1-8-9-10-11-12-25(2,3)17-13-22(28-6)24(23(14-17)29-7)18-15-21(27)20-16-19(18)26(20,4)5/h13-14,18-20H,8-12,15-16H2,1-7H3. The van der Waals surface area contributed by atoms with Gasteiger partial charge in [0.05, 0.1) is 14.2 Å². The van der Waals surface area contributed by atoms with Crippen molar-refractivity contribution in [1.82, 2.24) is 0 Å². The van der Waals surface area contributed by atoms with Crippen molar-refractivity contribution in [1.29, 1.82) is 0 Å². The molecule has 0 radical (unpaired) electrons. The SMILES string of the molecule is CCCCCCC(C)(C)c1cc(OC)c(C2CC(=O)C3CC2C3(C)C)c(OC)c1. The van der Waals surface area contributed by atoms with Crippen LogP contribution in [0.25, 0.3) is 0 Å². The number of unbranched alkanes of at least 4 members (excludes halogenated alkanes) is 3. The second kappa shape index (κ2) is 8.32. The van der Waals surface area contributed by atoms with Gasteiger partial charge in [-0.05, 0) is 47.3 Å². The number of rotatable bonds is 9. The molecule has 3 fully saturated rings. The molecule has 1 aromatic carbocycles. The van der Waals surface area contributed by atoms with Crippen LogP contribution in [-0.2, 0) is 10.2 Å². The molecular weight excluding hydrogens is 360 g/mol. The molecule has 2 bridgehead atoms. The van der Waals surface area contributed by atoms with E-state index in [9.17, 15) is 4.79 Å². The van der Waals surface area contributed by atoms with Gasteiger partial charge in [-0.1, -0.05) is 60.3 Å². The van der Waals surface area contributed by atoms with Gasteiger partial charge in [0.1, 0.15) is 17.3 Å². The summed E-state index contributed by atoms with van der Waals surface area (Å²) in [6.07, 6.45) is 7.86. The maximum atomic E-state index is 12.7. The summed E-state index contributed by atoms with van der Waals surface area (Å²) < 4.78 is 11.8. The lowest BCUT2D eigenvalue weighted by molar-refractivity contribution is -0.151. The number of ether oxygens (including phenoxy) is 2. The molecule has 0 amide bonds. The third kappa shape index (κ3) is 3.94. The van der Waals surface area contributed by atoms with Gasteiger partial charge in [0, 0.05) is 23.8 Å². The van der Waals surface area contributed by atoms with Gasteiger partial charge in [-0.15, -0.1) is 0 Å². The van der Waals surface area contributed by atoms with Crippen molar-refractivity contribution in [2.45, 2.75) is 90.9 Å². The first-order valence-corrected chi connectivity index (χ1v) is 11.5. The van der Waals surface area contributed by atoms with Crippen molar-refractivity contribution >= 4 is 5.78 Å². The lowest BCUT2D eigenvalue weighted by Gasteiger charge is -2.59. The maximum Gasteiger partial charge on any atom is 0.137 e. The summed E-state index contributed by atoms with van der Waals surface area (Å²) in [5, 5.41) is 0. The van der Waals surface area contributed by atoms with E-state index in [2.05, 4.69) is 46.8 Å². The van der Waals surface area contributed by atoms with E-state index in [-0.39, 0.29) is 22.7 Å². The highest BCUT2D eigenvalue weighted by molar-refractivity contribution is 5.86. The second-order valence-corrected chi connectivity index (χ2v) is 10.5. The highest BCUT2D eigenvalue weighted by Crippen LogP contribution is 2.64. The number of fused-ring (bicyclic) bond motifs is 2. The van der Waals surface area contributed by atoms with E-state index in [4.69, 9.17) is 9.47 Å². The van der Waals surface area contributed by atoms with Crippen LogP contribution in [-0.4, -0.2) is 20.0 Å². The predicted molar refractivity (Wildman–Crippen MR) is 119 cm³/mol. The van der Waals surface area contributed by atoms with E-state index < -0.39 is 0 Å². The van der Waals surface area contributed by atoms with Gasteiger partial charge < -0.3 is 9.47 Å². The number of benzene rings is 1. The lowest BCUT2D eigenvalue weighted by atomic mass is 9.44.